The molecule has 116 valence electrons. The highest BCUT2D eigenvalue weighted by molar-refractivity contribution is 5.82. The number of rotatable bonds is 3. The number of piperidine rings is 1. The summed E-state index contributed by atoms with van der Waals surface area (Å²) < 4.78 is 36.8. The van der Waals surface area contributed by atoms with Crippen molar-refractivity contribution in [1.82, 2.24) is 10.6 Å². The minimum Gasteiger partial charge on any atom is -0.352 e. The van der Waals surface area contributed by atoms with E-state index in [9.17, 15) is 18.0 Å². The van der Waals surface area contributed by atoms with Crippen molar-refractivity contribution in [3.8, 4) is 0 Å². The Labute approximate surface area is 117 Å². The summed E-state index contributed by atoms with van der Waals surface area (Å²) in [5.41, 5.74) is 0. The van der Waals surface area contributed by atoms with E-state index in [2.05, 4.69) is 10.6 Å². The summed E-state index contributed by atoms with van der Waals surface area (Å²) in [5.74, 6) is 0.353. The van der Waals surface area contributed by atoms with Crippen molar-refractivity contribution in [2.45, 2.75) is 76.2 Å². The molecule has 3 nitrogen and oxygen atoms in total. The lowest BCUT2D eigenvalue weighted by molar-refractivity contribution is -0.142. The van der Waals surface area contributed by atoms with Crippen LogP contribution in [-0.2, 0) is 4.79 Å². The van der Waals surface area contributed by atoms with Crippen LogP contribution < -0.4 is 10.6 Å². The van der Waals surface area contributed by atoms with Crippen LogP contribution in [0.4, 0.5) is 13.2 Å². The molecule has 1 aliphatic heterocycles. The third-order valence-electron chi connectivity index (χ3n) is 4.39. The molecule has 1 saturated carbocycles. The molecule has 4 atom stereocenters. The molecule has 2 rings (SSSR count). The summed E-state index contributed by atoms with van der Waals surface area (Å²) in [6, 6.07) is -0.829. The van der Waals surface area contributed by atoms with Gasteiger partial charge in [-0.1, -0.05) is 12.8 Å². The molecule has 0 aromatic heterocycles. The predicted octanol–water partition coefficient (Wildman–Crippen LogP) is 2.75. The highest BCUT2D eigenvalue weighted by Gasteiger charge is 2.36. The van der Waals surface area contributed by atoms with Gasteiger partial charge in [-0.2, -0.15) is 13.2 Å². The van der Waals surface area contributed by atoms with E-state index in [-0.39, 0.29) is 11.9 Å². The van der Waals surface area contributed by atoms with Crippen molar-refractivity contribution in [2.24, 2.45) is 5.92 Å². The van der Waals surface area contributed by atoms with Gasteiger partial charge < -0.3 is 10.6 Å². The van der Waals surface area contributed by atoms with Crippen molar-refractivity contribution >= 4 is 5.91 Å². The zero-order valence-electron chi connectivity index (χ0n) is 11.8. The largest absolute Gasteiger partial charge is 0.391 e. The highest BCUT2D eigenvalue weighted by Crippen LogP contribution is 2.32. The lowest BCUT2D eigenvalue weighted by Gasteiger charge is -2.40. The average molecular weight is 292 g/mol. The maximum Gasteiger partial charge on any atom is 0.391 e. The molecule has 2 fully saturated rings. The second kappa shape index (κ2) is 6.33. The van der Waals surface area contributed by atoms with Crippen LogP contribution in [0.1, 0.15) is 51.9 Å². The SMILES string of the molecule is CC(CC(F)(F)F)NC(=O)C1CCC2CCCCC2N1. The molecule has 0 radical (unpaired) electrons. The number of amides is 1. The van der Waals surface area contributed by atoms with Crippen LogP contribution in [0.5, 0.6) is 0 Å². The quantitative estimate of drug-likeness (QED) is 0.840. The first-order valence-corrected chi connectivity index (χ1v) is 7.48. The summed E-state index contributed by atoms with van der Waals surface area (Å²) in [7, 11) is 0. The Bertz CT molecular complexity index is 346. The number of hydrogen-bond acceptors (Lipinski definition) is 2. The molecular weight excluding hydrogens is 269 g/mol. The second-order valence-corrected chi connectivity index (χ2v) is 6.18. The predicted molar refractivity (Wildman–Crippen MR) is 70.2 cm³/mol. The minimum atomic E-state index is -4.23. The van der Waals surface area contributed by atoms with Gasteiger partial charge >= 0.3 is 6.18 Å². The van der Waals surface area contributed by atoms with E-state index in [1.54, 1.807) is 0 Å². The Morgan fingerprint density at radius 1 is 1.25 bits per heavy atom. The van der Waals surface area contributed by atoms with Crippen LogP contribution in [0.25, 0.3) is 0 Å². The van der Waals surface area contributed by atoms with E-state index >= 15 is 0 Å². The fourth-order valence-corrected chi connectivity index (χ4v) is 3.44. The number of halogens is 3. The van der Waals surface area contributed by atoms with Gasteiger partial charge in [0.05, 0.1) is 12.5 Å². The second-order valence-electron chi connectivity index (χ2n) is 6.18. The van der Waals surface area contributed by atoms with Crippen molar-refractivity contribution in [2.75, 3.05) is 0 Å². The highest BCUT2D eigenvalue weighted by atomic mass is 19.4. The molecule has 4 unspecified atom stereocenters. The molecule has 0 bridgehead atoms. The van der Waals surface area contributed by atoms with E-state index in [4.69, 9.17) is 0 Å². The maximum atomic E-state index is 12.3. The van der Waals surface area contributed by atoms with Gasteiger partial charge in [0.2, 0.25) is 5.91 Å². The number of carbonyl (C=O) groups is 1. The number of alkyl halides is 3. The molecular formula is C14H23F3N2O. The third-order valence-corrected chi connectivity index (χ3v) is 4.39. The number of hydrogen-bond donors (Lipinski definition) is 2. The van der Waals surface area contributed by atoms with Crippen LogP contribution in [0.15, 0.2) is 0 Å². The van der Waals surface area contributed by atoms with Gasteiger partial charge in [0.15, 0.2) is 0 Å². The molecule has 2 aliphatic rings. The van der Waals surface area contributed by atoms with Gasteiger partial charge in [-0.15, -0.1) is 0 Å². The first-order valence-electron chi connectivity index (χ1n) is 7.48. The van der Waals surface area contributed by atoms with Gasteiger partial charge in [0, 0.05) is 12.1 Å². The standard InChI is InChI=1S/C14H23F3N2O/c1-9(8-14(15,16)17)18-13(20)12-7-6-10-4-2-3-5-11(10)19-12/h9-12,19H,2-8H2,1H3,(H,18,20). The molecule has 1 heterocycles. The number of nitrogens with one attached hydrogen (secondary N) is 2. The molecule has 0 aromatic carbocycles. The normalized spacial score (nSPS) is 32.3. The molecule has 0 spiro atoms. The molecule has 0 aromatic rings. The number of carbonyl (C=O) groups excluding carboxylic acids is 1. The summed E-state index contributed by atoms with van der Waals surface area (Å²) >= 11 is 0. The first-order chi connectivity index (χ1) is 9.35. The van der Waals surface area contributed by atoms with Crippen molar-refractivity contribution < 1.29 is 18.0 Å². The fourth-order valence-electron chi connectivity index (χ4n) is 3.44. The zero-order chi connectivity index (χ0) is 14.8. The number of fused-ring (bicyclic) bond motifs is 1. The van der Waals surface area contributed by atoms with E-state index in [0.29, 0.717) is 12.0 Å². The van der Waals surface area contributed by atoms with Crippen molar-refractivity contribution in [3.05, 3.63) is 0 Å². The van der Waals surface area contributed by atoms with E-state index in [1.165, 1.54) is 26.2 Å². The Kier molecular flexibility index (Phi) is 4.94. The third kappa shape index (κ3) is 4.36. The van der Waals surface area contributed by atoms with E-state index in [1.807, 2.05) is 0 Å². The lowest BCUT2D eigenvalue weighted by atomic mass is 9.77. The monoisotopic (exact) mass is 292 g/mol. The van der Waals surface area contributed by atoms with E-state index in [0.717, 1.165) is 19.3 Å². The molecule has 20 heavy (non-hydrogen) atoms. The Morgan fingerprint density at radius 3 is 2.65 bits per heavy atom. The Morgan fingerprint density at radius 2 is 1.95 bits per heavy atom. The van der Waals surface area contributed by atoms with E-state index < -0.39 is 18.6 Å². The smallest absolute Gasteiger partial charge is 0.352 e. The van der Waals surface area contributed by atoms with Gasteiger partial charge in [0.25, 0.3) is 0 Å². The van der Waals surface area contributed by atoms with Crippen LogP contribution in [0, 0.1) is 5.92 Å². The van der Waals surface area contributed by atoms with Crippen molar-refractivity contribution in [1.29, 1.82) is 0 Å². The van der Waals surface area contributed by atoms with Crippen LogP contribution in [-0.4, -0.2) is 30.2 Å². The summed E-state index contributed by atoms with van der Waals surface area (Å²) in [6.45, 7) is 1.40. The molecule has 1 aliphatic carbocycles. The zero-order valence-corrected chi connectivity index (χ0v) is 11.8. The summed E-state index contributed by atoms with van der Waals surface area (Å²) in [6.07, 6.45) is 1.23. The minimum absolute atomic E-state index is 0.286. The molecule has 6 heteroatoms. The van der Waals surface area contributed by atoms with Gasteiger partial charge in [-0.05, 0) is 38.5 Å². The Balaban J connectivity index is 1.81. The average Bonchev–Trinajstić information content (AvgIpc) is 2.35. The van der Waals surface area contributed by atoms with Crippen LogP contribution in [0.3, 0.4) is 0 Å². The topological polar surface area (TPSA) is 41.1 Å². The van der Waals surface area contributed by atoms with Gasteiger partial charge in [-0.3, -0.25) is 4.79 Å². The van der Waals surface area contributed by atoms with Crippen LogP contribution in [0.2, 0.25) is 0 Å². The fraction of sp³-hybridized carbons (Fsp3) is 0.929. The van der Waals surface area contributed by atoms with Gasteiger partial charge in [0.1, 0.15) is 0 Å². The molecule has 2 N–H and O–H groups in total. The van der Waals surface area contributed by atoms with Gasteiger partial charge in [-0.25, -0.2) is 0 Å². The summed E-state index contributed by atoms with van der Waals surface area (Å²) in [5, 5.41) is 5.81. The first kappa shape index (κ1) is 15.6. The summed E-state index contributed by atoms with van der Waals surface area (Å²) in [4.78, 5) is 12.0. The molecule has 1 saturated heterocycles. The Hall–Kier alpha value is -0.780. The lowest BCUT2D eigenvalue weighted by Crippen LogP contribution is -2.56. The molecule has 1 amide bonds. The maximum absolute atomic E-state index is 12.3. The van der Waals surface area contributed by atoms with Crippen LogP contribution >= 0.6 is 0 Å². The van der Waals surface area contributed by atoms with Crippen molar-refractivity contribution in [3.63, 3.8) is 0 Å².